The number of fused-ring (bicyclic) bond motifs is 1. The van der Waals surface area contributed by atoms with Gasteiger partial charge in [-0.3, -0.25) is 4.98 Å². The molecule has 0 amide bonds. The molecule has 3 rings (SSSR count). The van der Waals surface area contributed by atoms with Crippen molar-refractivity contribution < 1.29 is 4.39 Å². The molecule has 20 heavy (non-hydrogen) atoms. The van der Waals surface area contributed by atoms with E-state index in [1.54, 1.807) is 18.3 Å². The summed E-state index contributed by atoms with van der Waals surface area (Å²) in [5.41, 5.74) is 2.76. The van der Waals surface area contributed by atoms with Gasteiger partial charge in [0, 0.05) is 11.6 Å². The number of para-hydroxylation sites is 1. The molecule has 0 aliphatic carbocycles. The van der Waals surface area contributed by atoms with Crippen molar-refractivity contribution in [1.82, 2.24) is 4.98 Å². The van der Waals surface area contributed by atoms with Gasteiger partial charge >= 0.3 is 0 Å². The molecule has 0 atom stereocenters. The zero-order valence-electron chi connectivity index (χ0n) is 10.7. The highest BCUT2D eigenvalue weighted by Crippen LogP contribution is 2.22. The number of nitriles is 1. The van der Waals surface area contributed by atoms with Crippen molar-refractivity contribution in [2.45, 2.75) is 6.42 Å². The molecule has 1 aromatic heterocycles. The minimum atomic E-state index is -0.469. The highest BCUT2D eigenvalue weighted by Gasteiger charge is 2.10. The summed E-state index contributed by atoms with van der Waals surface area (Å²) in [6.45, 7) is 0. The van der Waals surface area contributed by atoms with Crippen LogP contribution in [0, 0.1) is 17.1 Å². The predicted molar refractivity (Wildman–Crippen MR) is 75.7 cm³/mol. The van der Waals surface area contributed by atoms with E-state index in [2.05, 4.69) is 4.98 Å². The number of rotatable bonds is 2. The van der Waals surface area contributed by atoms with Crippen molar-refractivity contribution >= 4 is 10.9 Å². The number of halogens is 1. The highest BCUT2D eigenvalue weighted by molar-refractivity contribution is 5.82. The molecule has 3 aromatic rings. The summed E-state index contributed by atoms with van der Waals surface area (Å²) in [5, 5.41) is 10.1. The average Bonchev–Trinajstić information content (AvgIpc) is 2.48. The molecule has 0 fully saturated rings. The Hall–Kier alpha value is -2.73. The molecule has 2 nitrogen and oxygen atoms in total. The number of hydrogen-bond donors (Lipinski definition) is 0. The van der Waals surface area contributed by atoms with Crippen LogP contribution in [0.2, 0.25) is 0 Å². The molecular weight excluding hydrogens is 251 g/mol. The van der Waals surface area contributed by atoms with Crippen LogP contribution in [0.3, 0.4) is 0 Å². The monoisotopic (exact) mass is 262 g/mol. The Kier molecular flexibility index (Phi) is 3.14. The first-order valence-corrected chi connectivity index (χ1v) is 6.29. The molecule has 0 aliphatic rings. The van der Waals surface area contributed by atoms with Gasteiger partial charge in [0.2, 0.25) is 0 Å². The van der Waals surface area contributed by atoms with E-state index in [4.69, 9.17) is 5.26 Å². The van der Waals surface area contributed by atoms with Crippen molar-refractivity contribution in [1.29, 1.82) is 5.26 Å². The minimum Gasteiger partial charge on any atom is -0.256 e. The Morgan fingerprint density at radius 3 is 2.70 bits per heavy atom. The van der Waals surface area contributed by atoms with Crippen LogP contribution in [0.1, 0.15) is 16.7 Å². The fourth-order valence-electron chi connectivity index (χ4n) is 2.36. The highest BCUT2D eigenvalue weighted by atomic mass is 19.1. The topological polar surface area (TPSA) is 36.7 Å². The molecule has 0 bridgehead atoms. The molecule has 0 unspecified atom stereocenters. The summed E-state index contributed by atoms with van der Waals surface area (Å²) >= 11 is 0. The molecule has 0 spiro atoms. The fourth-order valence-corrected chi connectivity index (χ4v) is 2.36. The zero-order valence-corrected chi connectivity index (χ0v) is 10.7. The molecule has 96 valence electrons. The first-order chi connectivity index (χ1) is 9.79. The molecule has 0 N–H and O–H groups in total. The van der Waals surface area contributed by atoms with E-state index >= 15 is 0 Å². The maximum atomic E-state index is 13.6. The van der Waals surface area contributed by atoms with Crippen molar-refractivity contribution in [2.75, 3.05) is 0 Å². The van der Waals surface area contributed by atoms with E-state index in [1.807, 2.05) is 36.4 Å². The van der Waals surface area contributed by atoms with Gasteiger partial charge < -0.3 is 0 Å². The second kappa shape index (κ2) is 5.10. The second-order valence-electron chi connectivity index (χ2n) is 4.55. The Morgan fingerprint density at radius 1 is 1.00 bits per heavy atom. The van der Waals surface area contributed by atoms with Gasteiger partial charge in [-0.2, -0.15) is 5.26 Å². The number of pyridine rings is 1. The van der Waals surface area contributed by atoms with E-state index in [1.165, 1.54) is 6.07 Å². The molecule has 3 heteroatoms. The number of hydrogen-bond acceptors (Lipinski definition) is 2. The number of aromatic nitrogens is 1. The van der Waals surface area contributed by atoms with Gasteiger partial charge in [0.1, 0.15) is 11.9 Å². The largest absolute Gasteiger partial charge is 0.256 e. The lowest BCUT2D eigenvalue weighted by Gasteiger charge is -2.08. The van der Waals surface area contributed by atoms with Crippen LogP contribution >= 0.6 is 0 Å². The molecule has 1 heterocycles. The Bertz CT molecular complexity index is 813. The normalized spacial score (nSPS) is 10.4. The molecule has 0 saturated heterocycles. The van der Waals surface area contributed by atoms with Crippen molar-refractivity contribution in [2.24, 2.45) is 0 Å². The third-order valence-corrected chi connectivity index (χ3v) is 3.33. The minimum absolute atomic E-state index is 0.119. The molecule has 2 aromatic carbocycles. The summed E-state index contributed by atoms with van der Waals surface area (Å²) in [6.07, 6.45) is 2.26. The quantitative estimate of drug-likeness (QED) is 0.703. The lowest BCUT2D eigenvalue weighted by atomic mass is 9.98. The number of benzene rings is 2. The van der Waals surface area contributed by atoms with Crippen molar-refractivity contribution in [3.63, 3.8) is 0 Å². The van der Waals surface area contributed by atoms with Gasteiger partial charge in [-0.25, -0.2) is 4.39 Å². The first kappa shape index (κ1) is 12.3. The SMILES string of the molecule is N#Cc1c(F)cccc1Cc1ccnc2ccccc12. The average molecular weight is 262 g/mol. The molecule has 0 radical (unpaired) electrons. The van der Waals surface area contributed by atoms with Crippen molar-refractivity contribution in [3.8, 4) is 6.07 Å². The Morgan fingerprint density at radius 2 is 1.85 bits per heavy atom. The summed E-state index contributed by atoms with van der Waals surface area (Å²) in [6, 6.07) is 16.4. The molecule has 0 saturated carbocycles. The van der Waals surface area contributed by atoms with Gasteiger partial charge in [-0.1, -0.05) is 30.3 Å². The fraction of sp³-hybridized carbons (Fsp3) is 0.0588. The summed E-state index contributed by atoms with van der Waals surface area (Å²) in [5.74, 6) is -0.469. The third-order valence-electron chi connectivity index (χ3n) is 3.33. The maximum absolute atomic E-state index is 13.6. The lowest BCUT2D eigenvalue weighted by molar-refractivity contribution is 0.622. The smallest absolute Gasteiger partial charge is 0.141 e. The van der Waals surface area contributed by atoms with Gasteiger partial charge in [-0.15, -0.1) is 0 Å². The van der Waals surface area contributed by atoms with Crippen LogP contribution in [0.25, 0.3) is 10.9 Å². The Labute approximate surface area is 116 Å². The molecule has 0 aliphatic heterocycles. The summed E-state index contributed by atoms with van der Waals surface area (Å²) < 4.78 is 13.6. The van der Waals surface area contributed by atoms with Gasteiger partial charge in [0.05, 0.1) is 11.1 Å². The van der Waals surface area contributed by atoms with E-state index in [-0.39, 0.29) is 5.56 Å². The van der Waals surface area contributed by atoms with E-state index in [0.717, 1.165) is 16.5 Å². The zero-order chi connectivity index (χ0) is 13.9. The van der Waals surface area contributed by atoms with Crippen molar-refractivity contribution in [3.05, 3.63) is 77.2 Å². The first-order valence-electron chi connectivity index (χ1n) is 6.29. The second-order valence-corrected chi connectivity index (χ2v) is 4.55. The van der Waals surface area contributed by atoms with Gasteiger partial charge in [-0.05, 0) is 35.7 Å². The van der Waals surface area contributed by atoms with Gasteiger partial charge in [0.15, 0.2) is 0 Å². The van der Waals surface area contributed by atoms with E-state index in [0.29, 0.717) is 12.0 Å². The van der Waals surface area contributed by atoms with E-state index in [9.17, 15) is 4.39 Å². The van der Waals surface area contributed by atoms with Crippen LogP contribution < -0.4 is 0 Å². The maximum Gasteiger partial charge on any atom is 0.141 e. The van der Waals surface area contributed by atoms with Gasteiger partial charge in [0.25, 0.3) is 0 Å². The summed E-state index contributed by atoms with van der Waals surface area (Å²) in [7, 11) is 0. The van der Waals surface area contributed by atoms with Crippen LogP contribution in [0.4, 0.5) is 4.39 Å². The van der Waals surface area contributed by atoms with Crippen LogP contribution in [-0.4, -0.2) is 4.98 Å². The molecular formula is C17H11FN2. The standard InChI is InChI=1S/C17H11FN2/c18-16-6-3-4-12(15(16)11-19)10-13-8-9-20-17-7-2-1-5-14(13)17/h1-9H,10H2. The predicted octanol–water partition coefficient (Wildman–Crippen LogP) is 3.84. The Balaban J connectivity index is 2.11. The third kappa shape index (κ3) is 2.12. The lowest BCUT2D eigenvalue weighted by Crippen LogP contribution is -1.97. The summed E-state index contributed by atoms with van der Waals surface area (Å²) in [4.78, 5) is 4.30. The van der Waals surface area contributed by atoms with Crippen LogP contribution in [0.5, 0.6) is 0 Å². The number of nitrogens with zero attached hydrogens (tertiary/aromatic N) is 2. The van der Waals surface area contributed by atoms with E-state index < -0.39 is 5.82 Å². The van der Waals surface area contributed by atoms with Crippen LogP contribution in [0.15, 0.2) is 54.7 Å². The van der Waals surface area contributed by atoms with Crippen LogP contribution in [-0.2, 0) is 6.42 Å².